The molecule has 425 valence electrons. The molecule has 5 aromatic heterocycles. The molecule has 3 fully saturated rings. The van der Waals surface area contributed by atoms with Crippen molar-refractivity contribution in [1.29, 1.82) is 0 Å². The van der Waals surface area contributed by atoms with Crippen molar-refractivity contribution in [3.63, 3.8) is 0 Å². The molecule has 5 aromatic rings. The number of carbonyl (C=O) groups excluding carboxylic acids is 3. The van der Waals surface area contributed by atoms with Gasteiger partial charge in [-0.25, -0.2) is 34.5 Å². The Hall–Kier alpha value is -5.79. The number of aromatic nitrogens is 5. The third-order valence-corrected chi connectivity index (χ3v) is 15.1. The van der Waals surface area contributed by atoms with Crippen LogP contribution in [0.25, 0.3) is 0 Å². The van der Waals surface area contributed by atoms with Crippen LogP contribution in [0.15, 0.2) is 90.7 Å². The van der Waals surface area contributed by atoms with Gasteiger partial charge in [0.1, 0.15) is 55.1 Å². The van der Waals surface area contributed by atoms with Crippen molar-refractivity contribution >= 4 is 118 Å². The normalized spacial score (nSPS) is 16.9. The summed E-state index contributed by atoms with van der Waals surface area (Å²) in [5.41, 5.74) is 1.99. The highest BCUT2D eigenvalue weighted by atomic mass is 35.5. The molecule has 10 heterocycles. The zero-order valence-corrected chi connectivity index (χ0v) is 49.2. The van der Waals surface area contributed by atoms with Crippen LogP contribution in [0.2, 0.25) is 0 Å². The van der Waals surface area contributed by atoms with E-state index in [4.69, 9.17) is 41.2 Å². The van der Waals surface area contributed by atoms with Crippen molar-refractivity contribution in [3.8, 4) is 0 Å². The molecule has 3 radical (unpaired) electrons. The Morgan fingerprint density at radius 3 is 1.53 bits per heavy atom. The molecule has 10 rings (SSSR count). The number of nitrogens with zero attached hydrogens (tertiary/aromatic N) is 11. The molecule has 0 unspecified atom stereocenters. The van der Waals surface area contributed by atoms with Gasteiger partial charge in [0.25, 0.3) is 0 Å². The van der Waals surface area contributed by atoms with Crippen molar-refractivity contribution in [2.24, 2.45) is 20.6 Å². The van der Waals surface area contributed by atoms with Gasteiger partial charge in [0.15, 0.2) is 16.3 Å². The Balaban J connectivity index is 0.000000332. The lowest BCUT2D eigenvalue weighted by Crippen LogP contribution is -2.48. The summed E-state index contributed by atoms with van der Waals surface area (Å²) >= 11 is 12.7. The minimum atomic E-state index is -0.461. The fraction of sp³-hybridized carbons (Fsp3) is 0.500. The van der Waals surface area contributed by atoms with E-state index in [1.807, 2.05) is 63.9 Å². The summed E-state index contributed by atoms with van der Waals surface area (Å²) in [4.78, 5) is 68.2. The Kier molecular flexibility index (Phi) is 29.4. The lowest BCUT2D eigenvalue weighted by atomic mass is 9.87. The molecule has 0 aromatic carbocycles. The molecule has 0 bridgehead atoms. The predicted molar refractivity (Wildman–Crippen MR) is 309 cm³/mol. The van der Waals surface area contributed by atoms with E-state index in [2.05, 4.69) is 57.4 Å². The van der Waals surface area contributed by atoms with E-state index in [1.165, 1.54) is 45.8 Å². The second-order valence-electron chi connectivity index (χ2n) is 18.9. The maximum Gasteiger partial charge on any atom is 0.410 e. The van der Waals surface area contributed by atoms with Gasteiger partial charge < -0.3 is 56.3 Å². The van der Waals surface area contributed by atoms with E-state index >= 15 is 0 Å². The van der Waals surface area contributed by atoms with Crippen molar-refractivity contribution < 1.29 is 49.4 Å². The Bertz CT molecular complexity index is 2610. The number of nitrogens with one attached hydrogen (secondary N) is 1. The second-order valence-corrected chi connectivity index (χ2v) is 23.8. The monoisotopic (exact) mass is 1190 g/mol. The minimum absolute atomic E-state index is 0. The van der Waals surface area contributed by atoms with Gasteiger partial charge in [-0.15, -0.1) is 56.7 Å². The number of ether oxygens (including phenoxy) is 2. The van der Waals surface area contributed by atoms with Crippen LogP contribution in [0.3, 0.4) is 0 Å². The molecule has 23 nitrogen and oxygen atoms in total. The number of carbonyl (C=O) groups is 3. The van der Waals surface area contributed by atoms with Crippen molar-refractivity contribution in [2.45, 2.75) is 115 Å². The molecular weight excluding hydrogens is 1130 g/mol. The summed E-state index contributed by atoms with van der Waals surface area (Å²) < 4.78 is 10.7. The van der Waals surface area contributed by atoms with Gasteiger partial charge in [0.2, 0.25) is 5.17 Å². The summed E-state index contributed by atoms with van der Waals surface area (Å²) in [6.45, 7) is 20.0. The summed E-state index contributed by atoms with van der Waals surface area (Å²) in [6, 6.07) is 0. The van der Waals surface area contributed by atoms with Crippen LogP contribution in [-0.4, -0.2) is 162 Å². The zero-order chi connectivity index (χ0) is 54.3. The van der Waals surface area contributed by atoms with Gasteiger partial charge >= 0.3 is 12.2 Å². The summed E-state index contributed by atoms with van der Waals surface area (Å²) in [5, 5.41) is 46.4. The summed E-state index contributed by atoms with van der Waals surface area (Å²) in [6.07, 6.45) is 17.1. The predicted octanol–water partition coefficient (Wildman–Crippen LogP) is 9.38. The number of piperidine rings is 3. The molecule has 0 saturated carbocycles. The number of halogens is 1. The van der Waals surface area contributed by atoms with E-state index in [9.17, 15) is 14.4 Å². The summed E-state index contributed by atoms with van der Waals surface area (Å²) in [7, 11) is 0. The average molecular weight is 1190 g/mol. The Labute approximate surface area is 481 Å². The molecular formula is C48H68BClN13O10S5. The van der Waals surface area contributed by atoms with Gasteiger partial charge in [-0.3, -0.25) is 4.79 Å². The first kappa shape index (κ1) is 68.3. The molecule has 2 spiro atoms. The Morgan fingerprint density at radius 2 is 1.14 bits per heavy atom. The standard InChI is InChI=1S/C15H21N3O3S.C11H19NO2.C10H13N3OS.C4H3ClN2OS.C4H4N2OS.C4H3NOS.B.H3N.H2O/c1-14(2,3)20-13(19)18-7-4-15(5-8-18)10-11(17-21-15)12-16-6-9-22-12;1-9-5-7-12(8-6-9)10(13)14-11(2,3)4;1-3-11-4-2-10(1)7-8(13-14-10)9-12-5-6-15-9;5-3(7-8)4-6-1-2-9-4;7-6-3-4-5-1-2-8-4;6-3-4-5-1-2-7-4;;;/h6,9H,4-5,7-8,10H2,1-3H3;1,5-8H2,2-4H3;5-6,11H,1-4,7H2;1-2,8H;1-3,7H;1-3H;;1H3;1H2/b;;;7-3-;6-3+;;;;. The molecule has 5 aliphatic rings. The number of hydrogen-bond acceptors (Lipinski definition) is 25. The third-order valence-electron chi connectivity index (χ3n) is 10.9. The van der Waals surface area contributed by atoms with Gasteiger partial charge in [-0.1, -0.05) is 44.4 Å². The number of hydrogen-bond donors (Lipinski definition) is 4. The number of amides is 2. The van der Waals surface area contributed by atoms with Gasteiger partial charge in [-0.05, 0) is 67.5 Å². The van der Waals surface area contributed by atoms with Crippen molar-refractivity contribution in [3.05, 3.63) is 95.1 Å². The lowest BCUT2D eigenvalue weighted by molar-refractivity contribution is -0.0639. The number of thiazole rings is 5. The molecule has 78 heavy (non-hydrogen) atoms. The first-order valence-electron chi connectivity index (χ1n) is 23.7. The summed E-state index contributed by atoms with van der Waals surface area (Å²) in [5.74, 6) is 0. The quantitative estimate of drug-likeness (QED) is 0.0318. The smallest absolute Gasteiger partial charge is 0.410 e. The largest absolute Gasteiger partial charge is 0.444 e. The van der Waals surface area contributed by atoms with E-state index in [0.29, 0.717) is 28.1 Å². The van der Waals surface area contributed by atoms with E-state index in [-0.39, 0.29) is 48.6 Å². The van der Waals surface area contributed by atoms with Gasteiger partial charge in [0.05, 0.1) is 0 Å². The van der Waals surface area contributed by atoms with Crippen LogP contribution >= 0.6 is 68.3 Å². The highest BCUT2D eigenvalue weighted by Crippen LogP contribution is 2.37. The molecule has 5 aliphatic heterocycles. The lowest BCUT2D eigenvalue weighted by Gasteiger charge is -2.37. The number of likely N-dealkylation sites (tertiary alicyclic amines) is 2. The van der Waals surface area contributed by atoms with Crippen molar-refractivity contribution in [1.82, 2.24) is 46.2 Å². The fourth-order valence-electron chi connectivity index (χ4n) is 7.19. The number of oxime groups is 4. The molecule has 8 N–H and O–H groups in total. The number of rotatable bonds is 5. The zero-order valence-electron chi connectivity index (χ0n) is 44.4. The highest BCUT2D eigenvalue weighted by Gasteiger charge is 2.44. The van der Waals surface area contributed by atoms with Crippen LogP contribution in [0.5, 0.6) is 0 Å². The third kappa shape index (κ3) is 23.3. The van der Waals surface area contributed by atoms with E-state index < -0.39 is 11.2 Å². The van der Waals surface area contributed by atoms with Crippen LogP contribution in [-0.2, 0) is 19.1 Å². The first-order chi connectivity index (χ1) is 35.8. The second kappa shape index (κ2) is 33.6. The van der Waals surface area contributed by atoms with Crippen LogP contribution in [0, 0.1) is 0 Å². The minimum Gasteiger partial charge on any atom is -0.444 e. The first-order valence-corrected chi connectivity index (χ1v) is 28.4. The SMILES string of the molecule is C=C1CCN(C(=O)OC(C)(C)C)CC1.CC(C)(C)OC(=O)N1CCC2(CC1)CC(c1nccs1)=NO2.N.O.O/N=C(\Cl)c1nccs1.O/N=C/c1nccs1.O=Cc1nccs1.[B].c1csc(C2=NOC3(CCNCC3)C2)n1. The molecule has 0 aliphatic carbocycles. The fourth-order valence-corrected chi connectivity index (χ4v) is 10.0. The molecule has 0 atom stereocenters. The van der Waals surface area contributed by atoms with E-state index in [1.54, 1.807) is 68.0 Å². The van der Waals surface area contributed by atoms with Gasteiger partial charge in [-0.2, -0.15) is 0 Å². The maximum absolute atomic E-state index is 12.1. The number of aldehydes is 1. The maximum atomic E-state index is 12.1. The average Bonchev–Trinajstić information content (AvgIpc) is 4.24. The molecule has 2 amide bonds. The van der Waals surface area contributed by atoms with Crippen LogP contribution in [0.4, 0.5) is 9.59 Å². The molecule has 3 saturated heterocycles. The van der Waals surface area contributed by atoms with Crippen LogP contribution in [0.1, 0.15) is 123 Å². The van der Waals surface area contributed by atoms with Crippen LogP contribution < -0.4 is 11.5 Å². The van der Waals surface area contributed by atoms with Crippen molar-refractivity contribution in [2.75, 3.05) is 39.3 Å². The highest BCUT2D eigenvalue weighted by molar-refractivity contribution is 7.13. The topological polar surface area (TPSA) is 327 Å². The Morgan fingerprint density at radius 1 is 0.705 bits per heavy atom. The van der Waals surface area contributed by atoms with Gasteiger partial charge in [0, 0.05) is 131 Å². The van der Waals surface area contributed by atoms with E-state index in [0.717, 1.165) is 105 Å². The molecule has 30 heteroatoms.